The zero-order valence-corrected chi connectivity index (χ0v) is 14.2. The van der Waals surface area contributed by atoms with Crippen molar-refractivity contribution in [3.8, 4) is 0 Å². The van der Waals surface area contributed by atoms with Crippen LogP contribution in [0.4, 0.5) is 9.18 Å². The Bertz CT molecular complexity index is 804. The van der Waals surface area contributed by atoms with Gasteiger partial charge in [0.15, 0.2) is 0 Å². The lowest BCUT2D eigenvalue weighted by atomic mass is 10.2. The first-order chi connectivity index (χ1) is 11.0. The number of benzene rings is 2. The van der Waals surface area contributed by atoms with Crippen LogP contribution < -0.4 is 0 Å². The van der Waals surface area contributed by atoms with Gasteiger partial charge in [-0.25, -0.2) is 4.39 Å². The maximum absolute atomic E-state index is 12.9. The normalized spacial score (nSPS) is 16.4. The first-order valence-corrected chi connectivity index (χ1v) is 8.39. The van der Waals surface area contributed by atoms with Crippen LogP contribution >= 0.6 is 27.7 Å². The Labute approximate surface area is 145 Å². The third-order valence-corrected chi connectivity index (χ3v) is 4.67. The fourth-order valence-electron chi connectivity index (χ4n) is 2.16. The molecule has 6 heteroatoms. The zero-order valence-electron chi connectivity index (χ0n) is 11.8. The summed E-state index contributed by atoms with van der Waals surface area (Å²) in [4.78, 5) is 26.0. The molecule has 3 nitrogen and oxygen atoms in total. The second kappa shape index (κ2) is 6.68. The molecule has 0 unspecified atom stereocenters. The van der Waals surface area contributed by atoms with Gasteiger partial charge < -0.3 is 0 Å². The van der Waals surface area contributed by atoms with Crippen molar-refractivity contribution < 1.29 is 14.0 Å². The molecule has 2 aromatic rings. The molecule has 116 valence electrons. The Balaban J connectivity index is 1.81. The van der Waals surface area contributed by atoms with Gasteiger partial charge in [0.05, 0.1) is 11.4 Å². The quantitative estimate of drug-likeness (QED) is 0.703. The van der Waals surface area contributed by atoms with Gasteiger partial charge in [-0.3, -0.25) is 14.5 Å². The number of rotatable bonds is 3. The standard InChI is InChI=1S/C17H11BrFNO2S/c18-13-3-1-2-12(8-13)9-15-16(21)20(17(22)23-15)10-11-4-6-14(19)7-5-11/h1-9H,10H2/b15-9+. The van der Waals surface area contributed by atoms with E-state index in [2.05, 4.69) is 15.9 Å². The number of thioether (sulfide) groups is 1. The van der Waals surface area contributed by atoms with Crippen LogP contribution in [0.2, 0.25) is 0 Å². The molecule has 2 aromatic carbocycles. The molecule has 0 saturated carbocycles. The van der Waals surface area contributed by atoms with Crippen LogP contribution in [0, 0.1) is 5.82 Å². The Hall–Kier alpha value is -1.92. The minimum atomic E-state index is -0.350. The van der Waals surface area contributed by atoms with Gasteiger partial charge in [-0.2, -0.15) is 0 Å². The number of hydrogen-bond acceptors (Lipinski definition) is 3. The van der Waals surface area contributed by atoms with Crippen LogP contribution in [0.5, 0.6) is 0 Å². The molecular weight excluding hydrogens is 381 g/mol. The van der Waals surface area contributed by atoms with E-state index in [-0.39, 0.29) is 23.5 Å². The second-order valence-electron chi connectivity index (χ2n) is 4.95. The van der Waals surface area contributed by atoms with Crippen LogP contribution in [0.25, 0.3) is 6.08 Å². The first kappa shape index (κ1) is 16.0. The number of hydrogen-bond donors (Lipinski definition) is 0. The minimum Gasteiger partial charge on any atom is -0.268 e. The number of carbonyl (C=O) groups excluding carboxylic acids is 2. The maximum Gasteiger partial charge on any atom is 0.293 e. The molecule has 0 spiro atoms. The van der Waals surface area contributed by atoms with E-state index in [0.29, 0.717) is 10.5 Å². The summed E-state index contributed by atoms with van der Waals surface area (Å²) in [5.41, 5.74) is 1.55. The molecule has 23 heavy (non-hydrogen) atoms. The Morgan fingerprint density at radius 1 is 1.13 bits per heavy atom. The number of nitrogens with zero attached hydrogens (tertiary/aromatic N) is 1. The molecule has 1 heterocycles. The lowest BCUT2D eigenvalue weighted by Crippen LogP contribution is -2.27. The summed E-state index contributed by atoms with van der Waals surface area (Å²) in [6.45, 7) is 0.140. The predicted molar refractivity (Wildman–Crippen MR) is 92.1 cm³/mol. The fourth-order valence-corrected chi connectivity index (χ4v) is 3.41. The van der Waals surface area contributed by atoms with E-state index in [1.807, 2.05) is 24.3 Å². The van der Waals surface area contributed by atoms with Crippen LogP contribution in [0.15, 0.2) is 57.9 Å². The van der Waals surface area contributed by atoms with Crippen molar-refractivity contribution >= 4 is 44.9 Å². The highest BCUT2D eigenvalue weighted by Gasteiger charge is 2.34. The minimum absolute atomic E-state index is 0.140. The van der Waals surface area contributed by atoms with Crippen molar-refractivity contribution in [2.45, 2.75) is 6.54 Å². The summed E-state index contributed by atoms with van der Waals surface area (Å²) in [5, 5.41) is -0.319. The van der Waals surface area contributed by atoms with Gasteiger partial charge >= 0.3 is 0 Å². The van der Waals surface area contributed by atoms with Gasteiger partial charge in [0.2, 0.25) is 0 Å². The number of halogens is 2. The lowest BCUT2D eigenvalue weighted by Gasteiger charge is -2.12. The molecular formula is C17H11BrFNO2S. The summed E-state index contributed by atoms with van der Waals surface area (Å²) < 4.78 is 13.8. The van der Waals surface area contributed by atoms with E-state index in [4.69, 9.17) is 0 Å². The number of imide groups is 1. The number of carbonyl (C=O) groups is 2. The summed E-state index contributed by atoms with van der Waals surface area (Å²) in [6, 6.07) is 13.2. The Morgan fingerprint density at radius 2 is 1.87 bits per heavy atom. The molecule has 0 N–H and O–H groups in total. The molecule has 1 aliphatic heterocycles. The molecule has 1 fully saturated rings. The second-order valence-corrected chi connectivity index (χ2v) is 6.86. The van der Waals surface area contributed by atoms with Gasteiger partial charge in [0.25, 0.3) is 11.1 Å². The topological polar surface area (TPSA) is 37.4 Å². The van der Waals surface area contributed by atoms with Gasteiger partial charge in [-0.15, -0.1) is 0 Å². The van der Waals surface area contributed by atoms with E-state index in [0.717, 1.165) is 21.8 Å². The van der Waals surface area contributed by atoms with E-state index in [1.54, 1.807) is 18.2 Å². The van der Waals surface area contributed by atoms with Gasteiger partial charge in [0.1, 0.15) is 5.82 Å². The number of amides is 2. The SMILES string of the molecule is O=C1S/C(=C/c2cccc(Br)c2)C(=O)N1Cc1ccc(F)cc1. The average molecular weight is 392 g/mol. The van der Waals surface area contributed by atoms with Crippen molar-refractivity contribution in [2.24, 2.45) is 0 Å². The molecule has 0 aliphatic carbocycles. The first-order valence-electron chi connectivity index (χ1n) is 6.78. The predicted octanol–water partition coefficient (Wildman–Crippen LogP) is 4.82. The smallest absolute Gasteiger partial charge is 0.268 e. The van der Waals surface area contributed by atoms with E-state index >= 15 is 0 Å². The van der Waals surface area contributed by atoms with Crippen LogP contribution in [-0.4, -0.2) is 16.0 Å². The van der Waals surface area contributed by atoms with Crippen LogP contribution in [-0.2, 0) is 11.3 Å². The van der Waals surface area contributed by atoms with Crippen molar-refractivity contribution in [1.29, 1.82) is 0 Å². The Kier molecular flexibility index (Phi) is 4.63. The van der Waals surface area contributed by atoms with E-state index in [1.165, 1.54) is 17.0 Å². The average Bonchev–Trinajstić information content (AvgIpc) is 2.77. The van der Waals surface area contributed by atoms with Crippen molar-refractivity contribution in [2.75, 3.05) is 0 Å². The fraction of sp³-hybridized carbons (Fsp3) is 0.0588. The van der Waals surface area contributed by atoms with Gasteiger partial charge in [0, 0.05) is 4.47 Å². The van der Waals surface area contributed by atoms with Gasteiger partial charge in [-0.1, -0.05) is 40.2 Å². The largest absolute Gasteiger partial charge is 0.293 e. The third-order valence-electron chi connectivity index (χ3n) is 3.27. The van der Waals surface area contributed by atoms with Crippen LogP contribution in [0.3, 0.4) is 0 Å². The zero-order chi connectivity index (χ0) is 16.4. The summed E-state index contributed by atoms with van der Waals surface area (Å²) in [7, 11) is 0. The summed E-state index contributed by atoms with van der Waals surface area (Å²) in [5.74, 6) is -0.679. The molecule has 0 atom stereocenters. The summed E-state index contributed by atoms with van der Waals surface area (Å²) >= 11 is 4.29. The lowest BCUT2D eigenvalue weighted by molar-refractivity contribution is -0.123. The molecule has 0 aromatic heterocycles. The van der Waals surface area contributed by atoms with Gasteiger partial charge in [-0.05, 0) is 53.2 Å². The summed E-state index contributed by atoms with van der Waals surface area (Å²) in [6.07, 6.45) is 1.69. The maximum atomic E-state index is 12.9. The highest BCUT2D eigenvalue weighted by Crippen LogP contribution is 2.33. The van der Waals surface area contributed by atoms with E-state index in [9.17, 15) is 14.0 Å². The van der Waals surface area contributed by atoms with Crippen LogP contribution in [0.1, 0.15) is 11.1 Å². The third kappa shape index (κ3) is 3.71. The highest BCUT2D eigenvalue weighted by atomic mass is 79.9. The molecule has 1 aliphatic rings. The molecule has 1 saturated heterocycles. The monoisotopic (exact) mass is 391 g/mol. The molecule has 0 radical (unpaired) electrons. The highest BCUT2D eigenvalue weighted by molar-refractivity contribution is 9.10. The van der Waals surface area contributed by atoms with Crippen molar-refractivity contribution in [3.05, 3.63) is 74.9 Å². The van der Waals surface area contributed by atoms with Crippen molar-refractivity contribution in [1.82, 2.24) is 4.90 Å². The Morgan fingerprint density at radius 3 is 2.57 bits per heavy atom. The molecule has 0 bridgehead atoms. The van der Waals surface area contributed by atoms with E-state index < -0.39 is 0 Å². The molecule has 3 rings (SSSR count). The van der Waals surface area contributed by atoms with Crippen molar-refractivity contribution in [3.63, 3.8) is 0 Å². The molecule has 2 amide bonds.